The molecule has 1 N–H and O–H groups in total. The van der Waals surface area contributed by atoms with Crippen molar-refractivity contribution < 1.29 is 19.0 Å². The Morgan fingerprint density at radius 2 is 1.83 bits per heavy atom. The summed E-state index contributed by atoms with van der Waals surface area (Å²) in [5.41, 5.74) is 6.76. The third kappa shape index (κ3) is 4.05. The summed E-state index contributed by atoms with van der Waals surface area (Å²) in [7, 11) is 4.97. The lowest BCUT2D eigenvalue weighted by atomic mass is 9.70. The zero-order chi connectivity index (χ0) is 25.4. The summed E-state index contributed by atoms with van der Waals surface area (Å²) in [4.78, 5) is 17.9. The van der Waals surface area contributed by atoms with Gasteiger partial charge in [0.25, 0.3) is 0 Å². The Hall–Kier alpha value is -3.31. The summed E-state index contributed by atoms with van der Waals surface area (Å²) in [6, 6.07) is 16.3. The molecule has 1 fully saturated rings. The molecule has 1 heterocycles. The summed E-state index contributed by atoms with van der Waals surface area (Å²) in [5, 5.41) is 2.46. The van der Waals surface area contributed by atoms with Crippen molar-refractivity contribution in [3.63, 3.8) is 0 Å². The number of fused-ring (bicyclic) bond motifs is 3. The maximum atomic E-state index is 14.3. The van der Waals surface area contributed by atoms with Crippen LogP contribution in [0.25, 0.3) is 21.8 Å². The summed E-state index contributed by atoms with van der Waals surface area (Å²) in [5.74, 6) is 1.16. The van der Waals surface area contributed by atoms with E-state index >= 15 is 0 Å². The van der Waals surface area contributed by atoms with Crippen molar-refractivity contribution in [3.8, 4) is 11.5 Å². The van der Waals surface area contributed by atoms with Crippen LogP contribution in [-0.4, -0.2) is 38.2 Å². The fourth-order valence-electron chi connectivity index (χ4n) is 6.13. The van der Waals surface area contributed by atoms with E-state index < -0.39 is 0 Å². The number of H-pyrrole nitrogens is 1. The minimum atomic E-state index is -0.228. The van der Waals surface area contributed by atoms with Crippen LogP contribution < -0.4 is 9.47 Å². The van der Waals surface area contributed by atoms with Gasteiger partial charge in [0.1, 0.15) is 11.5 Å². The first kappa shape index (κ1) is 24.4. The maximum Gasteiger partial charge on any atom is 0.170 e. The first-order valence-electron chi connectivity index (χ1n) is 12.8. The normalized spacial score (nSPS) is 20.1. The first-order valence-corrected chi connectivity index (χ1v) is 12.8. The highest BCUT2D eigenvalue weighted by Gasteiger charge is 2.39. The van der Waals surface area contributed by atoms with Crippen molar-refractivity contribution in [2.45, 2.75) is 51.6 Å². The number of rotatable bonds is 7. The zero-order valence-corrected chi connectivity index (χ0v) is 21.8. The molecule has 36 heavy (non-hydrogen) atoms. The molecule has 0 amide bonds. The number of methoxy groups -OCH3 is 3. The molecule has 3 unspecified atom stereocenters. The fourth-order valence-corrected chi connectivity index (χ4v) is 6.13. The smallest absolute Gasteiger partial charge is 0.170 e. The molecule has 0 aliphatic heterocycles. The highest BCUT2D eigenvalue weighted by molar-refractivity contribution is 6.11. The molecule has 0 spiro atoms. The number of aromatic amines is 1. The van der Waals surface area contributed by atoms with Crippen LogP contribution in [0.15, 0.2) is 48.5 Å². The predicted octanol–water partition coefficient (Wildman–Crippen LogP) is 6.99. The van der Waals surface area contributed by atoms with Crippen molar-refractivity contribution in [1.29, 1.82) is 0 Å². The molecule has 0 bridgehead atoms. The zero-order valence-electron chi connectivity index (χ0n) is 21.8. The standard InChI is InChI=1S/C31H35NO4/c1-6-19-15-24(29-23-9-7-8-10-27(23)32-30(29)18(19)2)22-13-11-20(34-3)16-25(22)31(33)26-17-21(35-4)12-14-28(26)36-5/h7-10,12,14-15,17,20,22,25,32H,6,11,13,16H2,1-5H3. The highest BCUT2D eigenvalue weighted by atomic mass is 16.5. The topological polar surface area (TPSA) is 60.6 Å². The molecule has 1 aromatic heterocycles. The number of aryl methyl sites for hydroxylation is 2. The van der Waals surface area contributed by atoms with Crippen LogP contribution in [0.1, 0.15) is 59.2 Å². The van der Waals surface area contributed by atoms with Gasteiger partial charge in [-0.25, -0.2) is 0 Å². The summed E-state index contributed by atoms with van der Waals surface area (Å²) in [6.07, 6.45) is 3.50. The van der Waals surface area contributed by atoms with E-state index in [1.807, 2.05) is 18.2 Å². The van der Waals surface area contributed by atoms with Crippen LogP contribution in [0.4, 0.5) is 0 Å². The molecule has 5 nitrogen and oxygen atoms in total. The van der Waals surface area contributed by atoms with Gasteiger partial charge in [-0.3, -0.25) is 4.79 Å². The Bertz CT molecular complexity index is 1420. The van der Waals surface area contributed by atoms with E-state index in [0.717, 1.165) is 24.8 Å². The van der Waals surface area contributed by atoms with E-state index in [0.29, 0.717) is 23.5 Å². The first-order chi connectivity index (χ1) is 17.5. The van der Waals surface area contributed by atoms with Crippen LogP contribution >= 0.6 is 0 Å². The molecular formula is C31H35NO4. The van der Waals surface area contributed by atoms with Gasteiger partial charge in [0.15, 0.2) is 5.78 Å². The van der Waals surface area contributed by atoms with E-state index in [1.54, 1.807) is 21.3 Å². The van der Waals surface area contributed by atoms with Gasteiger partial charge in [0.2, 0.25) is 0 Å². The minimum absolute atomic E-state index is 0.0568. The number of carbonyl (C=O) groups excluding carboxylic acids is 1. The number of para-hydroxylation sites is 1. The Kier molecular flexibility index (Phi) is 6.76. The van der Waals surface area contributed by atoms with Crippen molar-refractivity contribution in [1.82, 2.24) is 4.98 Å². The van der Waals surface area contributed by atoms with Crippen LogP contribution in [0.2, 0.25) is 0 Å². The predicted molar refractivity (Wildman–Crippen MR) is 145 cm³/mol. The Morgan fingerprint density at radius 3 is 2.56 bits per heavy atom. The maximum absolute atomic E-state index is 14.3. The third-order valence-electron chi connectivity index (χ3n) is 8.11. The van der Waals surface area contributed by atoms with Gasteiger partial charge in [-0.05, 0) is 79.5 Å². The number of hydrogen-bond acceptors (Lipinski definition) is 4. The van der Waals surface area contributed by atoms with Crippen molar-refractivity contribution >= 4 is 27.6 Å². The average molecular weight is 486 g/mol. The molecule has 0 radical (unpaired) electrons. The number of benzene rings is 3. The van der Waals surface area contributed by atoms with Crippen LogP contribution in [0.3, 0.4) is 0 Å². The lowest BCUT2D eigenvalue weighted by Gasteiger charge is -2.36. The minimum Gasteiger partial charge on any atom is -0.497 e. The molecule has 0 saturated heterocycles. The number of ketones is 1. The molecule has 1 aliphatic carbocycles. The molecule has 5 rings (SSSR count). The van der Waals surface area contributed by atoms with Crippen LogP contribution in [0, 0.1) is 12.8 Å². The van der Waals surface area contributed by atoms with Crippen LogP contribution in [0.5, 0.6) is 11.5 Å². The fraction of sp³-hybridized carbons (Fsp3) is 0.387. The quantitative estimate of drug-likeness (QED) is 0.287. The second kappa shape index (κ2) is 9.98. The number of nitrogens with one attached hydrogen (secondary N) is 1. The Morgan fingerprint density at radius 1 is 1.03 bits per heavy atom. The van der Waals surface area contributed by atoms with E-state index in [4.69, 9.17) is 14.2 Å². The van der Waals surface area contributed by atoms with Crippen molar-refractivity contribution in [2.75, 3.05) is 21.3 Å². The second-order valence-electron chi connectivity index (χ2n) is 9.84. The van der Waals surface area contributed by atoms with E-state index in [-0.39, 0.29) is 23.7 Å². The lowest BCUT2D eigenvalue weighted by molar-refractivity contribution is 0.0390. The monoisotopic (exact) mass is 485 g/mol. The van der Waals surface area contributed by atoms with Gasteiger partial charge in [-0.15, -0.1) is 0 Å². The number of carbonyl (C=O) groups is 1. The van der Waals surface area contributed by atoms with E-state index in [9.17, 15) is 4.79 Å². The average Bonchev–Trinajstić information content (AvgIpc) is 3.32. The molecule has 1 aliphatic rings. The number of aromatic nitrogens is 1. The molecule has 4 aromatic rings. The van der Waals surface area contributed by atoms with Crippen molar-refractivity contribution in [2.24, 2.45) is 5.92 Å². The van der Waals surface area contributed by atoms with Gasteiger partial charge in [-0.2, -0.15) is 0 Å². The van der Waals surface area contributed by atoms with Gasteiger partial charge < -0.3 is 19.2 Å². The van der Waals surface area contributed by atoms with Gasteiger partial charge >= 0.3 is 0 Å². The molecule has 188 valence electrons. The molecule has 3 atom stereocenters. The summed E-state index contributed by atoms with van der Waals surface area (Å²) in [6.45, 7) is 4.40. The molecule has 3 aromatic carbocycles. The molecular weight excluding hydrogens is 450 g/mol. The molecule has 1 saturated carbocycles. The Balaban J connectivity index is 1.71. The largest absolute Gasteiger partial charge is 0.497 e. The van der Waals surface area contributed by atoms with Crippen LogP contribution in [-0.2, 0) is 11.2 Å². The second-order valence-corrected chi connectivity index (χ2v) is 9.84. The van der Waals surface area contributed by atoms with Gasteiger partial charge in [-0.1, -0.05) is 31.2 Å². The van der Waals surface area contributed by atoms with E-state index in [1.165, 1.54) is 33.0 Å². The Labute approximate surface area is 212 Å². The SMILES string of the molecule is CCc1cc(C2CCC(OC)CC2C(=O)c2cc(OC)ccc2OC)c2c([nH]c3ccccc32)c1C. The van der Waals surface area contributed by atoms with E-state index in [2.05, 4.69) is 49.2 Å². The third-order valence-corrected chi connectivity index (χ3v) is 8.11. The van der Waals surface area contributed by atoms with Crippen molar-refractivity contribution in [3.05, 3.63) is 70.8 Å². The summed E-state index contributed by atoms with van der Waals surface area (Å²) >= 11 is 0. The highest BCUT2D eigenvalue weighted by Crippen LogP contribution is 2.46. The lowest BCUT2D eigenvalue weighted by Crippen LogP contribution is -2.33. The summed E-state index contributed by atoms with van der Waals surface area (Å²) < 4.78 is 16.8. The number of hydrogen-bond donors (Lipinski definition) is 1. The van der Waals surface area contributed by atoms with Gasteiger partial charge in [0.05, 0.1) is 25.9 Å². The number of ether oxygens (including phenoxy) is 3. The van der Waals surface area contributed by atoms with Gasteiger partial charge in [0, 0.05) is 34.8 Å². The molecule has 5 heteroatoms. The number of Topliss-reactive ketones (excluding diaryl/α,β-unsaturated/α-hetero) is 1.